The van der Waals surface area contributed by atoms with Gasteiger partial charge in [-0.05, 0) is 74.7 Å². The zero-order chi connectivity index (χ0) is 17.7. The van der Waals surface area contributed by atoms with E-state index in [-0.39, 0.29) is 11.9 Å². The molecule has 0 bridgehead atoms. The van der Waals surface area contributed by atoms with Gasteiger partial charge >= 0.3 is 0 Å². The van der Waals surface area contributed by atoms with Crippen LogP contribution in [0.5, 0.6) is 0 Å². The number of nitrogens with zero attached hydrogens (tertiary/aromatic N) is 1. The van der Waals surface area contributed by atoms with Gasteiger partial charge in [0.1, 0.15) is 0 Å². The largest absolute Gasteiger partial charge is 0.366 e. The Morgan fingerprint density at radius 3 is 2.76 bits per heavy atom. The van der Waals surface area contributed by atoms with Crippen LogP contribution in [0, 0.1) is 17.8 Å². The quantitative estimate of drug-likeness (QED) is 0.826. The second-order valence-corrected chi connectivity index (χ2v) is 8.38. The summed E-state index contributed by atoms with van der Waals surface area (Å²) in [5.41, 5.74) is 10.6. The summed E-state index contributed by atoms with van der Waals surface area (Å²) in [6.07, 6.45) is 8.53. The van der Waals surface area contributed by atoms with Crippen LogP contribution in [0.3, 0.4) is 0 Å². The van der Waals surface area contributed by atoms with Crippen molar-refractivity contribution in [2.24, 2.45) is 23.5 Å². The molecule has 0 saturated heterocycles. The van der Waals surface area contributed by atoms with Crippen molar-refractivity contribution in [1.29, 1.82) is 0 Å². The van der Waals surface area contributed by atoms with Gasteiger partial charge in [0.2, 0.25) is 5.91 Å². The molecule has 2 N–H and O–H groups in total. The number of hydrogen-bond donors (Lipinski definition) is 1. The second kappa shape index (κ2) is 6.30. The summed E-state index contributed by atoms with van der Waals surface area (Å²) < 4.78 is 0. The van der Waals surface area contributed by atoms with Crippen molar-refractivity contribution in [2.45, 2.75) is 31.7 Å². The summed E-state index contributed by atoms with van der Waals surface area (Å²) >= 11 is 6.46. The Morgan fingerprint density at radius 1 is 1.24 bits per heavy atom. The van der Waals surface area contributed by atoms with E-state index in [1.54, 1.807) is 0 Å². The van der Waals surface area contributed by atoms with E-state index in [0.29, 0.717) is 17.8 Å². The van der Waals surface area contributed by atoms with Gasteiger partial charge in [-0.1, -0.05) is 41.5 Å². The van der Waals surface area contributed by atoms with Crippen molar-refractivity contribution in [3.8, 4) is 0 Å². The van der Waals surface area contributed by atoms with Crippen LogP contribution in [0.4, 0.5) is 0 Å². The van der Waals surface area contributed by atoms with E-state index >= 15 is 0 Å². The molecule has 132 valence electrons. The fourth-order valence-electron chi connectivity index (χ4n) is 5.04. The van der Waals surface area contributed by atoms with Crippen molar-refractivity contribution in [3.05, 3.63) is 57.6 Å². The average molecular weight is 357 g/mol. The first-order chi connectivity index (χ1) is 11.9. The van der Waals surface area contributed by atoms with Crippen LogP contribution in [-0.4, -0.2) is 30.9 Å². The molecule has 1 aromatic rings. The van der Waals surface area contributed by atoms with Gasteiger partial charge in [0.25, 0.3) is 0 Å². The van der Waals surface area contributed by atoms with Crippen LogP contribution in [-0.2, 0) is 17.6 Å². The van der Waals surface area contributed by atoms with E-state index in [0.717, 1.165) is 36.3 Å². The van der Waals surface area contributed by atoms with Crippen LogP contribution in [0.1, 0.15) is 24.0 Å². The molecule has 0 spiro atoms. The van der Waals surface area contributed by atoms with Crippen molar-refractivity contribution in [3.63, 3.8) is 0 Å². The van der Waals surface area contributed by atoms with Gasteiger partial charge in [-0.3, -0.25) is 4.79 Å². The summed E-state index contributed by atoms with van der Waals surface area (Å²) in [5.74, 6) is 1.24. The summed E-state index contributed by atoms with van der Waals surface area (Å²) in [6, 6.07) is 6.52. The molecular weight excluding hydrogens is 332 g/mol. The lowest BCUT2D eigenvalue weighted by Gasteiger charge is -2.45. The number of amides is 1. The number of allylic oxidation sites excluding steroid dienone is 2. The van der Waals surface area contributed by atoms with E-state index in [9.17, 15) is 4.79 Å². The van der Waals surface area contributed by atoms with Crippen molar-refractivity contribution in [2.75, 3.05) is 14.1 Å². The first kappa shape index (κ1) is 16.9. The van der Waals surface area contributed by atoms with Gasteiger partial charge < -0.3 is 10.6 Å². The number of rotatable bonds is 2. The summed E-state index contributed by atoms with van der Waals surface area (Å²) in [6.45, 7) is 0. The van der Waals surface area contributed by atoms with E-state index in [2.05, 4.69) is 37.2 Å². The Balaban J connectivity index is 1.69. The molecule has 3 aliphatic carbocycles. The molecule has 4 heteroatoms. The van der Waals surface area contributed by atoms with Crippen molar-refractivity contribution >= 4 is 17.5 Å². The Morgan fingerprint density at radius 2 is 2.04 bits per heavy atom. The third kappa shape index (κ3) is 2.94. The molecule has 25 heavy (non-hydrogen) atoms. The number of fused-ring (bicyclic) bond motifs is 3. The van der Waals surface area contributed by atoms with Gasteiger partial charge in [0, 0.05) is 16.6 Å². The molecule has 0 fully saturated rings. The van der Waals surface area contributed by atoms with E-state index in [4.69, 9.17) is 17.3 Å². The molecule has 4 unspecified atom stereocenters. The van der Waals surface area contributed by atoms with Gasteiger partial charge in [-0.2, -0.15) is 0 Å². The molecule has 0 saturated carbocycles. The monoisotopic (exact) mass is 356 g/mol. The van der Waals surface area contributed by atoms with E-state index in [1.807, 2.05) is 12.1 Å². The number of likely N-dealkylation sites (N-methyl/N-ethyl adjacent to an activating group) is 1. The number of carbonyl (C=O) groups excluding carboxylic acids is 1. The summed E-state index contributed by atoms with van der Waals surface area (Å²) in [5, 5.41) is 0.905. The third-order valence-electron chi connectivity index (χ3n) is 6.30. The molecule has 3 aliphatic rings. The predicted molar refractivity (Wildman–Crippen MR) is 101 cm³/mol. The number of benzene rings is 1. The first-order valence-electron chi connectivity index (χ1n) is 9.07. The zero-order valence-electron chi connectivity index (χ0n) is 14.8. The van der Waals surface area contributed by atoms with Gasteiger partial charge in [-0.25, -0.2) is 0 Å². The van der Waals surface area contributed by atoms with Crippen LogP contribution >= 0.6 is 11.6 Å². The minimum absolute atomic E-state index is 0.270. The average Bonchev–Trinajstić information content (AvgIpc) is 2.57. The number of nitrogens with two attached hydrogens (primary N) is 1. The number of hydrogen-bond acceptors (Lipinski definition) is 2. The molecular formula is C21H25ClN2O. The molecule has 0 aromatic heterocycles. The third-order valence-corrected chi connectivity index (χ3v) is 6.65. The summed E-state index contributed by atoms with van der Waals surface area (Å²) in [4.78, 5) is 14.0. The maximum Gasteiger partial charge on any atom is 0.244 e. The highest BCUT2D eigenvalue weighted by Crippen LogP contribution is 2.47. The normalized spacial score (nSPS) is 30.7. The standard InChI is InChI=1S/C21H25ClN2O/c1-24(2)20-11-16(21(23)25)8-15-7-13-6-12-4-3-5-19(22)17(12)9-14(13)10-18(15)20/h3-5,7,11,14-15,18,20H,6,8-10H2,1-2H3,(H2,23,25). The smallest absolute Gasteiger partial charge is 0.244 e. The van der Waals surface area contributed by atoms with Crippen molar-refractivity contribution in [1.82, 2.24) is 4.90 Å². The zero-order valence-corrected chi connectivity index (χ0v) is 15.6. The molecule has 3 nitrogen and oxygen atoms in total. The van der Waals surface area contributed by atoms with E-state index in [1.165, 1.54) is 16.7 Å². The molecule has 4 atom stereocenters. The highest BCUT2D eigenvalue weighted by molar-refractivity contribution is 6.31. The van der Waals surface area contributed by atoms with Gasteiger partial charge in [0.15, 0.2) is 0 Å². The lowest BCUT2D eigenvalue weighted by atomic mass is 9.63. The highest BCUT2D eigenvalue weighted by atomic mass is 35.5. The topological polar surface area (TPSA) is 46.3 Å². The molecule has 0 radical (unpaired) electrons. The lowest BCUT2D eigenvalue weighted by molar-refractivity contribution is -0.115. The lowest BCUT2D eigenvalue weighted by Crippen LogP contribution is -2.45. The molecule has 1 amide bonds. The van der Waals surface area contributed by atoms with Crippen LogP contribution in [0.15, 0.2) is 41.5 Å². The first-order valence-corrected chi connectivity index (χ1v) is 9.45. The molecule has 0 heterocycles. The number of primary amides is 1. The predicted octanol–water partition coefficient (Wildman–Crippen LogP) is 3.36. The minimum atomic E-state index is -0.272. The van der Waals surface area contributed by atoms with E-state index < -0.39 is 0 Å². The molecule has 0 aliphatic heterocycles. The molecule has 4 rings (SSSR count). The minimum Gasteiger partial charge on any atom is -0.366 e. The maximum atomic E-state index is 11.8. The Labute approximate surface area is 154 Å². The number of carbonyl (C=O) groups is 1. The van der Waals surface area contributed by atoms with Crippen LogP contribution < -0.4 is 5.73 Å². The van der Waals surface area contributed by atoms with Gasteiger partial charge in [0.05, 0.1) is 0 Å². The fourth-order valence-corrected chi connectivity index (χ4v) is 5.31. The second-order valence-electron chi connectivity index (χ2n) is 7.97. The SMILES string of the molecule is CN(C)C1C=C(C(N)=O)CC2C=C3Cc4cccc(Cl)c4CC3CC21. The van der Waals surface area contributed by atoms with Crippen LogP contribution in [0.2, 0.25) is 5.02 Å². The highest BCUT2D eigenvalue weighted by Gasteiger charge is 2.41. The van der Waals surface area contributed by atoms with Crippen molar-refractivity contribution < 1.29 is 4.79 Å². The van der Waals surface area contributed by atoms with Crippen LogP contribution in [0.25, 0.3) is 0 Å². The summed E-state index contributed by atoms with van der Waals surface area (Å²) in [7, 11) is 4.18. The Bertz CT molecular complexity index is 780. The Kier molecular flexibility index (Phi) is 4.25. The Hall–Kier alpha value is -1.58. The maximum absolute atomic E-state index is 11.8. The fraction of sp³-hybridized carbons (Fsp3) is 0.476. The van der Waals surface area contributed by atoms with Gasteiger partial charge in [-0.15, -0.1) is 0 Å². The molecule has 1 aromatic carbocycles. The number of halogens is 1.